The predicted octanol–water partition coefficient (Wildman–Crippen LogP) is 3.35. The second-order valence-corrected chi connectivity index (χ2v) is 7.36. The summed E-state index contributed by atoms with van der Waals surface area (Å²) in [5.74, 6) is 0.740. The molecule has 3 nitrogen and oxygen atoms in total. The van der Waals surface area contributed by atoms with Crippen LogP contribution in [0.1, 0.15) is 38.2 Å². The summed E-state index contributed by atoms with van der Waals surface area (Å²) in [5, 5.41) is 4.57. The van der Waals surface area contributed by atoms with Crippen molar-refractivity contribution in [3.05, 3.63) is 34.9 Å². The maximum atomic E-state index is 11.9. The Balaban J connectivity index is 1.94. The average Bonchev–Trinajstić information content (AvgIpc) is 2.47. The first kappa shape index (κ1) is 16.7. The third-order valence-electron chi connectivity index (χ3n) is 4.09. The quantitative estimate of drug-likeness (QED) is 0.843. The van der Waals surface area contributed by atoms with Crippen molar-refractivity contribution in [2.45, 2.75) is 49.1 Å². The monoisotopic (exact) mass is 326 g/mol. The van der Waals surface area contributed by atoms with Gasteiger partial charge in [-0.2, -0.15) is 11.8 Å². The molecule has 21 heavy (non-hydrogen) atoms. The van der Waals surface area contributed by atoms with Gasteiger partial charge in [0.2, 0.25) is 5.91 Å². The van der Waals surface area contributed by atoms with Crippen molar-refractivity contribution in [1.29, 1.82) is 0 Å². The summed E-state index contributed by atoms with van der Waals surface area (Å²) < 4.78 is 0. The van der Waals surface area contributed by atoms with E-state index in [9.17, 15) is 4.79 Å². The Bertz CT molecular complexity index is 476. The van der Waals surface area contributed by atoms with E-state index in [2.05, 4.69) is 17.4 Å². The average molecular weight is 327 g/mol. The fourth-order valence-electron chi connectivity index (χ4n) is 2.97. The zero-order valence-electron chi connectivity index (χ0n) is 12.4. The molecule has 2 atom stereocenters. The molecule has 1 fully saturated rings. The maximum Gasteiger partial charge on any atom is 0.237 e. The molecular formula is C16H23ClN2OS. The van der Waals surface area contributed by atoms with E-state index in [1.807, 2.05) is 30.8 Å². The predicted molar refractivity (Wildman–Crippen MR) is 90.6 cm³/mol. The molecule has 3 N–H and O–H groups in total. The number of thioether (sulfide) groups is 1. The van der Waals surface area contributed by atoms with E-state index in [1.165, 1.54) is 5.56 Å². The van der Waals surface area contributed by atoms with Crippen LogP contribution < -0.4 is 11.1 Å². The van der Waals surface area contributed by atoms with E-state index in [4.69, 9.17) is 17.3 Å². The molecule has 1 aromatic carbocycles. The Morgan fingerprint density at radius 2 is 2.19 bits per heavy atom. The molecule has 2 rings (SSSR count). The lowest BCUT2D eigenvalue weighted by molar-refractivity contribution is -0.125. The molecular weight excluding hydrogens is 304 g/mol. The Kier molecular flexibility index (Phi) is 5.97. The lowest BCUT2D eigenvalue weighted by atomic mass is 9.80. The van der Waals surface area contributed by atoms with Gasteiger partial charge >= 0.3 is 0 Å². The number of hydrogen-bond acceptors (Lipinski definition) is 3. The third kappa shape index (κ3) is 4.38. The largest absolute Gasteiger partial charge is 0.368 e. The lowest BCUT2D eigenvalue weighted by Gasteiger charge is -2.39. The van der Waals surface area contributed by atoms with Gasteiger partial charge in [-0.3, -0.25) is 4.79 Å². The zero-order chi connectivity index (χ0) is 15.3. The Hall–Kier alpha value is -0.710. The minimum atomic E-state index is -0.509. The normalized spacial score (nSPS) is 25.7. The number of halogens is 1. The van der Waals surface area contributed by atoms with Gasteiger partial charge in [0.15, 0.2) is 0 Å². The summed E-state index contributed by atoms with van der Waals surface area (Å²) in [6.07, 6.45) is 3.88. The van der Waals surface area contributed by atoms with E-state index < -0.39 is 5.54 Å². The van der Waals surface area contributed by atoms with E-state index in [-0.39, 0.29) is 5.91 Å². The number of primary amides is 1. The minimum Gasteiger partial charge on any atom is -0.368 e. The molecule has 0 radical (unpaired) electrons. The number of hydrogen-bond donors (Lipinski definition) is 2. The number of carbonyl (C=O) groups is 1. The van der Waals surface area contributed by atoms with E-state index in [0.29, 0.717) is 5.25 Å². The van der Waals surface area contributed by atoms with Crippen LogP contribution in [0.15, 0.2) is 24.3 Å². The fraction of sp³-hybridized carbons (Fsp3) is 0.562. The number of nitrogens with two attached hydrogens (primary N) is 1. The van der Waals surface area contributed by atoms with Gasteiger partial charge in [-0.05, 0) is 49.9 Å². The molecule has 116 valence electrons. The summed E-state index contributed by atoms with van der Waals surface area (Å²) in [4.78, 5) is 11.9. The van der Waals surface area contributed by atoms with Crippen molar-refractivity contribution in [1.82, 2.24) is 5.32 Å². The number of benzene rings is 1. The molecule has 0 heterocycles. The number of rotatable bonds is 6. The zero-order valence-corrected chi connectivity index (χ0v) is 14.0. The highest BCUT2D eigenvalue weighted by atomic mass is 35.5. The first-order valence-corrected chi connectivity index (χ1v) is 8.89. The van der Waals surface area contributed by atoms with Crippen molar-refractivity contribution in [3.8, 4) is 0 Å². The second kappa shape index (κ2) is 7.52. The fourth-order valence-corrected chi connectivity index (χ4v) is 4.45. The van der Waals surface area contributed by atoms with E-state index in [1.54, 1.807) is 0 Å². The lowest BCUT2D eigenvalue weighted by Crippen LogP contribution is -2.58. The van der Waals surface area contributed by atoms with Crippen molar-refractivity contribution in [3.63, 3.8) is 0 Å². The van der Waals surface area contributed by atoms with Crippen molar-refractivity contribution >= 4 is 29.3 Å². The van der Waals surface area contributed by atoms with Gasteiger partial charge in [0, 0.05) is 16.0 Å². The number of amides is 1. The molecule has 1 saturated carbocycles. The van der Waals surface area contributed by atoms with Crippen LogP contribution in [0.5, 0.6) is 0 Å². The molecule has 0 saturated heterocycles. The molecule has 0 spiro atoms. The minimum absolute atomic E-state index is 0.207. The molecule has 0 bridgehead atoms. The van der Waals surface area contributed by atoms with Crippen LogP contribution in [0.3, 0.4) is 0 Å². The van der Waals surface area contributed by atoms with Gasteiger partial charge in [-0.1, -0.05) is 30.7 Å². The molecule has 1 amide bonds. The summed E-state index contributed by atoms with van der Waals surface area (Å²) in [6.45, 7) is 2.80. The first-order chi connectivity index (χ1) is 10.1. The van der Waals surface area contributed by atoms with Crippen LogP contribution in [0, 0.1) is 0 Å². The molecule has 0 aliphatic heterocycles. The molecule has 1 aliphatic rings. The Morgan fingerprint density at radius 3 is 2.81 bits per heavy atom. The van der Waals surface area contributed by atoms with Gasteiger partial charge in [0.25, 0.3) is 0 Å². The smallest absolute Gasteiger partial charge is 0.237 e. The van der Waals surface area contributed by atoms with Crippen molar-refractivity contribution in [2.24, 2.45) is 5.73 Å². The first-order valence-electron chi connectivity index (χ1n) is 7.47. The highest BCUT2D eigenvalue weighted by Crippen LogP contribution is 2.36. The van der Waals surface area contributed by atoms with Crippen LogP contribution in [-0.2, 0) is 10.5 Å². The summed E-state index contributed by atoms with van der Waals surface area (Å²) >= 11 is 7.81. The third-order valence-corrected chi connectivity index (χ3v) is 5.72. The van der Waals surface area contributed by atoms with Crippen LogP contribution >= 0.6 is 23.4 Å². The summed E-state index contributed by atoms with van der Waals surface area (Å²) in [5.41, 5.74) is 6.41. The number of carbonyl (C=O) groups excluding carboxylic acids is 1. The van der Waals surface area contributed by atoms with Crippen molar-refractivity contribution < 1.29 is 4.79 Å². The van der Waals surface area contributed by atoms with Gasteiger partial charge in [0.05, 0.1) is 5.54 Å². The highest BCUT2D eigenvalue weighted by molar-refractivity contribution is 7.99. The van der Waals surface area contributed by atoms with E-state index in [0.717, 1.165) is 43.0 Å². The van der Waals surface area contributed by atoms with Crippen LogP contribution in [-0.4, -0.2) is 23.2 Å². The van der Waals surface area contributed by atoms with Gasteiger partial charge in [-0.15, -0.1) is 0 Å². The van der Waals surface area contributed by atoms with Crippen LogP contribution in [0.2, 0.25) is 5.02 Å². The molecule has 0 aromatic heterocycles. The topological polar surface area (TPSA) is 55.1 Å². The van der Waals surface area contributed by atoms with Crippen LogP contribution in [0.4, 0.5) is 0 Å². The molecule has 1 aromatic rings. The Labute approximate surface area is 136 Å². The Morgan fingerprint density at radius 1 is 1.48 bits per heavy atom. The summed E-state index contributed by atoms with van der Waals surface area (Å²) in [7, 11) is 0. The molecule has 1 aliphatic carbocycles. The number of likely N-dealkylation sites (N-methyl/N-ethyl adjacent to an activating group) is 1. The van der Waals surface area contributed by atoms with Gasteiger partial charge < -0.3 is 11.1 Å². The van der Waals surface area contributed by atoms with Crippen LogP contribution in [0.25, 0.3) is 0 Å². The maximum absolute atomic E-state index is 11.9. The standard InChI is InChI=1S/C16H23ClN2OS/c1-2-19-16(15(18)20)9-3-4-14(10-16)21-11-12-5-7-13(17)8-6-12/h5-8,14,19H,2-4,9-11H2,1H3,(H2,18,20). The van der Waals surface area contributed by atoms with E-state index >= 15 is 0 Å². The second-order valence-electron chi connectivity index (χ2n) is 5.63. The molecule has 5 heteroatoms. The number of nitrogens with one attached hydrogen (secondary N) is 1. The SMILES string of the molecule is CCNC1(C(N)=O)CCCC(SCc2ccc(Cl)cc2)C1. The molecule has 2 unspecified atom stereocenters. The highest BCUT2D eigenvalue weighted by Gasteiger charge is 2.40. The van der Waals surface area contributed by atoms with Gasteiger partial charge in [0.1, 0.15) is 0 Å². The van der Waals surface area contributed by atoms with Gasteiger partial charge in [-0.25, -0.2) is 0 Å². The van der Waals surface area contributed by atoms with Crippen molar-refractivity contribution in [2.75, 3.05) is 6.54 Å². The summed E-state index contributed by atoms with van der Waals surface area (Å²) in [6, 6.07) is 7.96.